The molecular formula is C10H17NO2S. The van der Waals surface area contributed by atoms with Gasteiger partial charge in [0.25, 0.3) is 0 Å². The van der Waals surface area contributed by atoms with Crippen LogP contribution in [0.2, 0.25) is 0 Å². The molecule has 0 aliphatic carbocycles. The van der Waals surface area contributed by atoms with Gasteiger partial charge in [-0.15, -0.1) is 0 Å². The van der Waals surface area contributed by atoms with Crippen LogP contribution in [0.1, 0.15) is 33.1 Å². The van der Waals surface area contributed by atoms with E-state index in [1.807, 2.05) is 6.07 Å². The van der Waals surface area contributed by atoms with E-state index in [-0.39, 0.29) is 18.5 Å². The molecular weight excluding hydrogens is 198 g/mol. The van der Waals surface area contributed by atoms with Crippen molar-refractivity contribution in [3.8, 4) is 6.07 Å². The Morgan fingerprint density at radius 1 is 1.64 bits per heavy atom. The number of carbonyl (C=O) groups excluding carboxylic acids is 1. The summed E-state index contributed by atoms with van der Waals surface area (Å²) in [6, 6.07) is 1.97. The lowest BCUT2D eigenvalue weighted by molar-refractivity contribution is -0.144. The van der Waals surface area contributed by atoms with Crippen molar-refractivity contribution in [2.45, 2.75) is 39.2 Å². The zero-order valence-corrected chi connectivity index (χ0v) is 9.60. The van der Waals surface area contributed by atoms with E-state index in [1.54, 1.807) is 18.7 Å². The van der Waals surface area contributed by atoms with Crippen LogP contribution in [0.4, 0.5) is 0 Å². The Balaban J connectivity index is 3.41. The van der Waals surface area contributed by atoms with E-state index >= 15 is 0 Å². The molecule has 0 radical (unpaired) electrons. The summed E-state index contributed by atoms with van der Waals surface area (Å²) in [5.74, 6) is 1.18. The third-order valence-corrected chi connectivity index (χ3v) is 2.59. The summed E-state index contributed by atoms with van der Waals surface area (Å²) in [6.45, 7) is 3.85. The van der Waals surface area contributed by atoms with Gasteiger partial charge in [0.05, 0.1) is 18.2 Å². The van der Waals surface area contributed by atoms with Gasteiger partial charge in [0.15, 0.2) is 0 Å². The summed E-state index contributed by atoms with van der Waals surface area (Å²) in [4.78, 5) is 11.1. The summed E-state index contributed by atoms with van der Waals surface area (Å²) in [7, 11) is 0. The minimum absolute atomic E-state index is 0.214. The number of carbonyl (C=O) groups is 1. The highest BCUT2D eigenvalue weighted by Gasteiger charge is 2.08. The first-order valence-electron chi connectivity index (χ1n) is 4.84. The zero-order valence-electron chi connectivity index (χ0n) is 8.78. The summed E-state index contributed by atoms with van der Waals surface area (Å²) < 4.78 is 4.99. The van der Waals surface area contributed by atoms with Crippen LogP contribution in [0.5, 0.6) is 0 Å². The predicted octanol–water partition coefficient (Wildman–Crippen LogP) is 2.37. The monoisotopic (exact) mass is 215 g/mol. The van der Waals surface area contributed by atoms with Crippen molar-refractivity contribution >= 4 is 17.7 Å². The first-order valence-corrected chi connectivity index (χ1v) is 6.00. The molecule has 0 heterocycles. The van der Waals surface area contributed by atoms with Crippen molar-refractivity contribution in [3.63, 3.8) is 0 Å². The third-order valence-electron chi connectivity index (χ3n) is 1.57. The standard InChI is InChI=1S/C10H17NO2S/c1-3-4-7-14-8-10(12)13-9(2)5-6-11/h9H,3-5,7-8H2,1-2H3/t9-/m1/s1. The summed E-state index contributed by atoms with van der Waals surface area (Å²) in [5, 5.41) is 8.35. The zero-order chi connectivity index (χ0) is 10.8. The van der Waals surface area contributed by atoms with E-state index in [0.29, 0.717) is 5.75 Å². The Kier molecular flexibility index (Phi) is 8.45. The van der Waals surface area contributed by atoms with Gasteiger partial charge in [0, 0.05) is 0 Å². The second kappa shape index (κ2) is 8.89. The molecule has 0 aliphatic rings. The fraction of sp³-hybridized carbons (Fsp3) is 0.800. The van der Waals surface area contributed by atoms with Gasteiger partial charge in [-0.3, -0.25) is 4.79 Å². The molecule has 1 atom stereocenters. The summed E-state index contributed by atoms with van der Waals surface area (Å²) in [6.07, 6.45) is 2.27. The van der Waals surface area contributed by atoms with Crippen LogP contribution in [-0.4, -0.2) is 23.6 Å². The fourth-order valence-corrected chi connectivity index (χ4v) is 1.70. The van der Waals surface area contributed by atoms with Crippen LogP contribution in [0.3, 0.4) is 0 Å². The molecule has 0 fully saturated rings. The Morgan fingerprint density at radius 2 is 2.36 bits per heavy atom. The van der Waals surface area contributed by atoms with Crippen LogP contribution in [-0.2, 0) is 9.53 Å². The van der Waals surface area contributed by atoms with E-state index in [0.717, 1.165) is 18.6 Å². The van der Waals surface area contributed by atoms with Gasteiger partial charge in [0.1, 0.15) is 6.10 Å². The molecule has 4 heteroatoms. The number of nitrogens with zero attached hydrogens (tertiary/aromatic N) is 1. The van der Waals surface area contributed by atoms with Crippen LogP contribution in [0, 0.1) is 11.3 Å². The maximum absolute atomic E-state index is 11.1. The largest absolute Gasteiger partial charge is 0.461 e. The molecule has 80 valence electrons. The molecule has 0 N–H and O–H groups in total. The van der Waals surface area contributed by atoms with Gasteiger partial charge in [-0.25, -0.2) is 0 Å². The van der Waals surface area contributed by atoms with Gasteiger partial charge >= 0.3 is 5.97 Å². The molecule has 0 bridgehead atoms. The van der Waals surface area contributed by atoms with Gasteiger partial charge in [-0.1, -0.05) is 13.3 Å². The van der Waals surface area contributed by atoms with E-state index in [1.165, 1.54) is 0 Å². The average molecular weight is 215 g/mol. The number of hydrogen-bond donors (Lipinski definition) is 0. The molecule has 0 unspecified atom stereocenters. The molecule has 0 aromatic carbocycles. The predicted molar refractivity (Wildman–Crippen MR) is 58.0 cm³/mol. The highest BCUT2D eigenvalue weighted by molar-refractivity contribution is 7.99. The highest BCUT2D eigenvalue weighted by Crippen LogP contribution is 2.06. The van der Waals surface area contributed by atoms with E-state index in [9.17, 15) is 4.79 Å². The molecule has 0 aromatic rings. The van der Waals surface area contributed by atoms with Gasteiger partial charge in [-0.2, -0.15) is 17.0 Å². The van der Waals surface area contributed by atoms with Crippen LogP contribution in [0.15, 0.2) is 0 Å². The second-order valence-electron chi connectivity index (χ2n) is 3.07. The number of unbranched alkanes of at least 4 members (excludes halogenated alkanes) is 1. The van der Waals surface area contributed by atoms with Crippen molar-refractivity contribution in [3.05, 3.63) is 0 Å². The lowest BCUT2D eigenvalue weighted by Gasteiger charge is -2.08. The topological polar surface area (TPSA) is 50.1 Å². The lowest BCUT2D eigenvalue weighted by atomic mass is 10.3. The molecule has 0 aliphatic heterocycles. The molecule has 0 spiro atoms. The smallest absolute Gasteiger partial charge is 0.316 e. The van der Waals surface area contributed by atoms with E-state index in [2.05, 4.69) is 6.92 Å². The van der Waals surface area contributed by atoms with Crippen LogP contribution in [0.25, 0.3) is 0 Å². The van der Waals surface area contributed by atoms with E-state index < -0.39 is 0 Å². The summed E-state index contributed by atoms with van der Waals surface area (Å²) in [5.41, 5.74) is 0. The van der Waals surface area contributed by atoms with Crippen molar-refractivity contribution in [2.75, 3.05) is 11.5 Å². The van der Waals surface area contributed by atoms with Crippen LogP contribution >= 0.6 is 11.8 Å². The number of rotatable bonds is 7. The normalized spacial score (nSPS) is 11.8. The second-order valence-corrected chi connectivity index (χ2v) is 4.17. The minimum Gasteiger partial charge on any atom is -0.461 e. The van der Waals surface area contributed by atoms with Crippen LogP contribution < -0.4 is 0 Å². The Bertz CT molecular complexity index is 201. The SMILES string of the molecule is CCCCSCC(=O)O[C@H](C)CC#N. The average Bonchev–Trinajstić information content (AvgIpc) is 2.13. The number of ether oxygens (including phenoxy) is 1. The van der Waals surface area contributed by atoms with Crippen molar-refractivity contribution in [1.82, 2.24) is 0 Å². The van der Waals surface area contributed by atoms with Crippen molar-refractivity contribution < 1.29 is 9.53 Å². The van der Waals surface area contributed by atoms with Gasteiger partial charge in [-0.05, 0) is 19.1 Å². The van der Waals surface area contributed by atoms with Crippen molar-refractivity contribution in [2.24, 2.45) is 0 Å². The molecule has 0 amide bonds. The minimum atomic E-state index is -0.278. The molecule has 0 saturated carbocycles. The third kappa shape index (κ3) is 7.93. The van der Waals surface area contributed by atoms with Gasteiger partial charge in [0.2, 0.25) is 0 Å². The molecule has 0 aromatic heterocycles. The first kappa shape index (κ1) is 13.3. The highest BCUT2D eigenvalue weighted by atomic mass is 32.2. The number of hydrogen-bond acceptors (Lipinski definition) is 4. The molecule has 14 heavy (non-hydrogen) atoms. The lowest BCUT2D eigenvalue weighted by Crippen LogP contribution is -2.16. The Labute approximate surface area is 89.8 Å². The maximum atomic E-state index is 11.1. The summed E-state index contributed by atoms with van der Waals surface area (Å²) >= 11 is 1.59. The Morgan fingerprint density at radius 3 is 2.93 bits per heavy atom. The quantitative estimate of drug-likeness (QED) is 0.483. The molecule has 0 saturated heterocycles. The fourth-order valence-electron chi connectivity index (χ4n) is 0.831. The maximum Gasteiger partial charge on any atom is 0.316 e. The molecule has 0 rings (SSSR count). The number of nitriles is 1. The van der Waals surface area contributed by atoms with Gasteiger partial charge < -0.3 is 4.74 Å². The first-order chi connectivity index (χ1) is 6.70. The number of esters is 1. The van der Waals surface area contributed by atoms with Crippen molar-refractivity contribution in [1.29, 1.82) is 5.26 Å². The molecule has 3 nitrogen and oxygen atoms in total. The number of thioether (sulfide) groups is 1. The van der Waals surface area contributed by atoms with E-state index in [4.69, 9.17) is 10.00 Å². The Hall–Kier alpha value is -0.690.